The molecule has 1 aliphatic rings. The normalized spacial score (nSPS) is 19.7. The number of carbonyl (C=O) groups excluding carboxylic acids is 1. The van der Waals surface area contributed by atoms with Crippen molar-refractivity contribution in [3.05, 3.63) is 0 Å². The van der Waals surface area contributed by atoms with Crippen LogP contribution < -0.4 is 0 Å². The Kier molecular flexibility index (Phi) is 3.23. The van der Waals surface area contributed by atoms with E-state index in [1.807, 2.05) is 11.9 Å². The third-order valence-corrected chi connectivity index (χ3v) is 2.03. The summed E-state index contributed by atoms with van der Waals surface area (Å²) >= 11 is 0. The van der Waals surface area contributed by atoms with E-state index < -0.39 is 0 Å². The molecule has 3 heteroatoms. The molecule has 0 aliphatic heterocycles. The monoisotopic (exact) mass is 171 g/mol. The van der Waals surface area contributed by atoms with Crippen molar-refractivity contribution in [2.24, 2.45) is 5.92 Å². The number of likely N-dealkylation sites (N-methyl/N-ethyl adjacent to an activating group) is 1. The molecule has 1 fully saturated rings. The van der Waals surface area contributed by atoms with Crippen molar-refractivity contribution in [1.29, 1.82) is 0 Å². The fourth-order valence-corrected chi connectivity index (χ4v) is 1.32. The Hall–Kier alpha value is -0.410. The quantitative estimate of drug-likeness (QED) is 0.646. The van der Waals surface area contributed by atoms with Crippen LogP contribution in [0.15, 0.2) is 0 Å². The number of hydrogen-bond acceptors (Lipinski definition) is 3. The molecule has 0 aromatic carbocycles. The highest BCUT2D eigenvalue weighted by atomic mass is 16.3. The topological polar surface area (TPSA) is 40.5 Å². The number of ketones is 1. The summed E-state index contributed by atoms with van der Waals surface area (Å²) in [5.41, 5.74) is 0. The lowest BCUT2D eigenvalue weighted by atomic mass is 10.2. The molecular formula is C9H17NO2. The fraction of sp³-hybridized carbons (Fsp3) is 0.889. The van der Waals surface area contributed by atoms with Gasteiger partial charge in [-0.3, -0.25) is 9.69 Å². The molecule has 1 saturated carbocycles. The minimum Gasteiger partial charge on any atom is -0.392 e. The van der Waals surface area contributed by atoms with Crippen molar-refractivity contribution in [1.82, 2.24) is 4.90 Å². The van der Waals surface area contributed by atoms with Crippen molar-refractivity contribution < 1.29 is 9.90 Å². The average Bonchev–Trinajstić information content (AvgIpc) is 2.63. The lowest BCUT2D eigenvalue weighted by molar-refractivity contribution is -0.121. The Morgan fingerprint density at radius 3 is 2.67 bits per heavy atom. The van der Waals surface area contributed by atoms with Crippen LogP contribution >= 0.6 is 0 Å². The van der Waals surface area contributed by atoms with Crippen LogP contribution in [0.2, 0.25) is 0 Å². The van der Waals surface area contributed by atoms with E-state index in [4.69, 9.17) is 5.11 Å². The maximum absolute atomic E-state index is 11.3. The van der Waals surface area contributed by atoms with Crippen molar-refractivity contribution in [3.63, 3.8) is 0 Å². The Morgan fingerprint density at radius 2 is 2.25 bits per heavy atom. The lowest BCUT2D eigenvalue weighted by Gasteiger charge is -2.16. The van der Waals surface area contributed by atoms with Gasteiger partial charge in [0, 0.05) is 12.5 Å². The van der Waals surface area contributed by atoms with E-state index in [1.54, 1.807) is 6.92 Å². The van der Waals surface area contributed by atoms with Gasteiger partial charge in [-0.2, -0.15) is 0 Å². The van der Waals surface area contributed by atoms with Gasteiger partial charge in [0.15, 0.2) is 0 Å². The van der Waals surface area contributed by atoms with Gasteiger partial charge >= 0.3 is 0 Å². The third kappa shape index (κ3) is 3.32. The lowest BCUT2D eigenvalue weighted by Crippen LogP contribution is -2.32. The van der Waals surface area contributed by atoms with E-state index in [9.17, 15) is 4.79 Å². The van der Waals surface area contributed by atoms with Crippen LogP contribution in [0.1, 0.15) is 19.8 Å². The molecule has 1 N–H and O–H groups in total. The largest absolute Gasteiger partial charge is 0.392 e. The van der Waals surface area contributed by atoms with Crippen molar-refractivity contribution >= 4 is 5.78 Å². The van der Waals surface area contributed by atoms with Crippen molar-refractivity contribution in [2.45, 2.75) is 25.9 Å². The van der Waals surface area contributed by atoms with Gasteiger partial charge in [-0.1, -0.05) is 0 Å². The highest BCUT2D eigenvalue weighted by Crippen LogP contribution is 2.29. The summed E-state index contributed by atoms with van der Waals surface area (Å²) in [6.45, 7) is 2.81. The summed E-state index contributed by atoms with van der Waals surface area (Å²) in [6, 6.07) is 0. The van der Waals surface area contributed by atoms with Gasteiger partial charge in [0.05, 0.1) is 12.6 Å². The minimum atomic E-state index is -0.345. The van der Waals surface area contributed by atoms with Gasteiger partial charge in [0.25, 0.3) is 0 Å². The highest BCUT2D eigenvalue weighted by molar-refractivity contribution is 5.84. The number of nitrogens with zero attached hydrogens (tertiary/aromatic N) is 1. The first-order valence-electron chi connectivity index (χ1n) is 4.49. The Morgan fingerprint density at radius 1 is 1.67 bits per heavy atom. The molecule has 1 atom stereocenters. The second kappa shape index (κ2) is 4.01. The summed E-state index contributed by atoms with van der Waals surface area (Å²) in [6.07, 6.45) is 1.80. The molecule has 0 aromatic rings. The van der Waals surface area contributed by atoms with Crippen LogP contribution in [-0.4, -0.2) is 42.0 Å². The summed E-state index contributed by atoms with van der Waals surface area (Å²) in [5, 5.41) is 9.04. The molecule has 1 aliphatic carbocycles. The molecule has 0 bridgehead atoms. The van der Waals surface area contributed by atoms with Gasteiger partial charge in [-0.25, -0.2) is 0 Å². The molecule has 0 radical (unpaired) electrons. The van der Waals surface area contributed by atoms with Crippen LogP contribution in [0.25, 0.3) is 0 Å². The number of aliphatic hydroxyl groups is 1. The summed E-state index contributed by atoms with van der Waals surface area (Å²) < 4.78 is 0. The second-order valence-electron chi connectivity index (χ2n) is 3.79. The first-order valence-corrected chi connectivity index (χ1v) is 4.49. The van der Waals surface area contributed by atoms with Gasteiger partial charge in [-0.15, -0.1) is 0 Å². The van der Waals surface area contributed by atoms with E-state index in [0.717, 1.165) is 12.8 Å². The van der Waals surface area contributed by atoms with Gasteiger partial charge in [-0.05, 0) is 26.8 Å². The fourth-order valence-electron chi connectivity index (χ4n) is 1.32. The first-order chi connectivity index (χ1) is 5.59. The molecule has 70 valence electrons. The molecule has 3 nitrogen and oxygen atoms in total. The molecule has 1 unspecified atom stereocenters. The molecule has 0 heterocycles. The molecule has 0 aromatic heterocycles. The molecule has 0 saturated heterocycles. The number of aliphatic hydroxyl groups excluding tert-OH is 1. The van der Waals surface area contributed by atoms with E-state index in [-0.39, 0.29) is 6.10 Å². The first kappa shape index (κ1) is 9.68. The van der Waals surface area contributed by atoms with Crippen LogP contribution in [0.5, 0.6) is 0 Å². The zero-order chi connectivity index (χ0) is 9.14. The number of hydrogen-bond donors (Lipinski definition) is 1. The van der Waals surface area contributed by atoms with Crippen LogP contribution in [0, 0.1) is 5.92 Å². The molecule has 1 rings (SSSR count). The maximum Gasteiger partial charge on any atom is 0.149 e. The summed E-state index contributed by atoms with van der Waals surface area (Å²) in [5.74, 6) is 0.666. The van der Waals surface area contributed by atoms with Gasteiger partial charge in [0.1, 0.15) is 5.78 Å². The Labute approximate surface area is 73.4 Å². The summed E-state index contributed by atoms with van der Waals surface area (Å²) in [4.78, 5) is 13.2. The van der Waals surface area contributed by atoms with Crippen LogP contribution in [0.3, 0.4) is 0 Å². The Balaban J connectivity index is 2.15. The van der Waals surface area contributed by atoms with E-state index in [0.29, 0.717) is 24.8 Å². The van der Waals surface area contributed by atoms with E-state index in [2.05, 4.69) is 0 Å². The van der Waals surface area contributed by atoms with Crippen LogP contribution in [0.4, 0.5) is 0 Å². The second-order valence-corrected chi connectivity index (χ2v) is 3.79. The number of rotatable bonds is 5. The maximum atomic E-state index is 11.3. The predicted octanol–water partition coefficient (Wildman–Crippen LogP) is 0.278. The van der Waals surface area contributed by atoms with Gasteiger partial charge in [0.2, 0.25) is 0 Å². The molecular weight excluding hydrogens is 154 g/mol. The molecule has 12 heavy (non-hydrogen) atoms. The zero-order valence-electron chi connectivity index (χ0n) is 7.79. The van der Waals surface area contributed by atoms with E-state index in [1.165, 1.54) is 0 Å². The molecule has 0 spiro atoms. The van der Waals surface area contributed by atoms with Crippen molar-refractivity contribution in [3.8, 4) is 0 Å². The zero-order valence-corrected chi connectivity index (χ0v) is 7.79. The number of carbonyl (C=O) groups is 1. The van der Waals surface area contributed by atoms with Crippen LogP contribution in [-0.2, 0) is 4.79 Å². The highest BCUT2D eigenvalue weighted by Gasteiger charge is 2.29. The standard InChI is InChI=1S/C9H17NO2/c1-7(11)5-10(2)6-9(12)8-3-4-8/h7-8,11H,3-6H2,1-2H3. The number of Topliss-reactive ketones (excluding diaryl/α,β-unsaturated/α-hetero) is 1. The summed E-state index contributed by atoms with van der Waals surface area (Å²) in [7, 11) is 1.87. The van der Waals surface area contributed by atoms with E-state index >= 15 is 0 Å². The Bertz CT molecular complexity index is 164. The van der Waals surface area contributed by atoms with Gasteiger partial charge < -0.3 is 5.11 Å². The van der Waals surface area contributed by atoms with Crippen molar-refractivity contribution in [2.75, 3.05) is 20.1 Å². The SMILES string of the molecule is CC(O)CN(C)CC(=O)C1CC1. The molecule has 0 amide bonds. The average molecular weight is 171 g/mol. The third-order valence-electron chi connectivity index (χ3n) is 2.03. The smallest absolute Gasteiger partial charge is 0.149 e. The predicted molar refractivity (Wildman–Crippen MR) is 46.9 cm³/mol. The minimum absolute atomic E-state index is 0.332.